The van der Waals surface area contributed by atoms with E-state index in [4.69, 9.17) is 4.42 Å². The summed E-state index contributed by atoms with van der Waals surface area (Å²) in [5.41, 5.74) is 0. The molecule has 2 heterocycles. The van der Waals surface area contributed by atoms with Gasteiger partial charge in [-0.25, -0.2) is 8.42 Å². The van der Waals surface area contributed by atoms with Crippen molar-refractivity contribution in [1.29, 1.82) is 0 Å². The number of carbonyl (C=O) groups excluding carboxylic acids is 1. The van der Waals surface area contributed by atoms with E-state index >= 15 is 0 Å². The lowest BCUT2D eigenvalue weighted by Crippen LogP contribution is -2.46. The first-order valence-corrected chi connectivity index (χ1v) is 8.64. The molecule has 1 unspecified atom stereocenters. The molecule has 1 fully saturated rings. The summed E-state index contributed by atoms with van der Waals surface area (Å²) in [7, 11) is -3.17. The number of furan rings is 1. The van der Waals surface area contributed by atoms with Crippen molar-refractivity contribution in [3.63, 3.8) is 0 Å². The molecule has 1 aliphatic rings. The Kier molecular flexibility index (Phi) is 3.72. The van der Waals surface area contributed by atoms with E-state index in [0.717, 1.165) is 5.75 Å². The summed E-state index contributed by atoms with van der Waals surface area (Å²) in [5.74, 6) is 1.92. The number of ketones is 1. The quantitative estimate of drug-likeness (QED) is 0.784. The molecule has 0 saturated carbocycles. The number of Topliss-reactive ketones (excluding diaryl/α,β-unsaturated/α-hetero) is 1. The molecular weight excluding hydrogens is 274 g/mol. The minimum atomic E-state index is -3.17. The first-order valence-electron chi connectivity index (χ1n) is 5.53. The van der Waals surface area contributed by atoms with Crippen molar-refractivity contribution in [1.82, 2.24) is 0 Å². The molecule has 0 aliphatic carbocycles. The minimum Gasteiger partial charge on any atom is -0.437 e. The van der Waals surface area contributed by atoms with Gasteiger partial charge in [0.25, 0.3) is 0 Å². The Morgan fingerprint density at radius 1 is 1.50 bits per heavy atom. The van der Waals surface area contributed by atoms with E-state index in [9.17, 15) is 13.2 Å². The number of anilines is 1. The van der Waals surface area contributed by atoms with Crippen molar-refractivity contribution in [2.45, 2.75) is 12.3 Å². The van der Waals surface area contributed by atoms with Crippen LogP contribution in [0.2, 0.25) is 0 Å². The Hall–Kier alpha value is -0.950. The maximum absolute atomic E-state index is 11.7. The maximum Gasteiger partial charge on any atom is 0.197 e. The molecule has 100 valence electrons. The second-order valence-electron chi connectivity index (χ2n) is 4.25. The normalized spacial score (nSPS) is 21.0. The van der Waals surface area contributed by atoms with E-state index in [1.807, 2.05) is 0 Å². The van der Waals surface area contributed by atoms with Gasteiger partial charge in [-0.3, -0.25) is 4.79 Å². The largest absolute Gasteiger partial charge is 0.437 e. The zero-order valence-electron chi connectivity index (χ0n) is 10.3. The number of hydrogen-bond acceptors (Lipinski definition) is 6. The minimum absolute atomic E-state index is 0.163. The summed E-state index contributed by atoms with van der Waals surface area (Å²) in [4.78, 5) is 12.9. The SMILES string of the molecule is CC(=O)c1ccc(N2CCSCC2S(C)(=O)=O)o1. The van der Waals surface area contributed by atoms with Gasteiger partial charge < -0.3 is 9.32 Å². The van der Waals surface area contributed by atoms with Gasteiger partial charge in [0.05, 0.1) is 0 Å². The fourth-order valence-electron chi connectivity index (χ4n) is 1.86. The average molecular weight is 289 g/mol. The number of rotatable bonds is 3. The number of sulfone groups is 1. The van der Waals surface area contributed by atoms with Crippen molar-refractivity contribution in [3.8, 4) is 0 Å². The third kappa shape index (κ3) is 2.72. The van der Waals surface area contributed by atoms with Crippen LogP contribution in [0.25, 0.3) is 0 Å². The summed E-state index contributed by atoms with van der Waals surface area (Å²) < 4.78 is 28.9. The number of carbonyl (C=O) groups is 1. The van der Waals surface area contributed by atoms with Crippen LogP contribution in [0.1, 0.15) is 17.5 Å². The molecule has 0 aromatic carbocycles. The second kappa shape index (κ2) is 4.97. The Morgan fingerprint density at radius 2 is 2.22 bits per heavy atom. The molecule has 2 rings (SSSR count). The summed E-state index contributed by atoms with van der Waals surface area (Å²) in [6.07, 6.45) is 1.23. The molecule has 0 spiro atoms. The van der Waals surface area contributed by atoms with Gasteiger partial charge in [0.1, 0.15) is 5.37 Å². The van der Waals surface area contributed by atoms with Crippen molar-refractivity contribution in [2.75, 3.05) is 29.2 Å². The Balaban J connectivity index is 2.31. The molecule has 5 nitrogen and oxygen atoms in total. The Labute approximate surface area is 110 Å². The molecule has 0 radical (unpaired) electrons. The van der Waals surface area contributed by atoms with E-state index in [1.54, 1.807) is 28.8 Å². The number of thioether (sulfide) groups is 1. The Bertz CT molecular complexity index is 549. The molecule has 0 amide bonds. The van der Waals surface area contributed by atoms with E-state index in [-0.39, 0.29) is 11.5 Å². The summed E-state index contributed by atoms with van der Waals surface area (Å²) >= 11 is 1.61. The number of nitrogens with zero attached hydrogens (tertiary/aromatic N) is 1. The molecule has 1 aromatic rings. The molecule has 1 aliphatic heterocycles. The number of hydrogen-bond donors (Lipinski definition) is 0. The van der Waals surface area contributed by atoms with Crippen LogP contribution in [0.15, 0.2) is 16.5 Å². The van der Waals surface area contributed by atoms with Crippen LogP contribution in [-0.2, 0) is 9.84 Å². The summed E-state index contributed by atoms with van der Waals surface area (Å²) in [5, 5.41) is -0.581. The molecule has 1 aromatic heterocycles. The highest BCUT2D eigenvalue weighted by molar-refractivity contribution is 8.01. The lowest BCUT2D eigenvalue weighted by atomic mass is 10.3. The van der Waals surface area contributed by atoms with Crippen LogP contribution in [0, 0.1) is 0 Å². The van der Waals surface area contributed by atoms with Crippen molar-refractivity contribution in [3.05, 3.63) is 17.9 Å². The third-order valence-electron chi connectivity index (χ3n) is 2.80. The van der Waals surface area contributed by atoms with Gasteiger partial charge in [-0.2, -0.15) is 11.8 Å². The smallest absolute Gasteiger partial charge is 0.197 e. The molecule has 0 N–H and O–H groups in total. The van der Waals surface area contributed by atoms with Gasteiger partial charge in [0.2, 0.25) is 0 Å². The van der Waals surface area contributed by atoms with Crippen LogP contribution < -0.4 is 4.90 Å². The van der Waals surface area contributed by atoms with E-state index in [2.05, 4.69) is 0 Å². The molecule has 7 heteroatoms. The van der Waals surface area contributed by atoms with Gasteiger partial charge in [-0.05, 0) is 6.07 Å². The highest BCUT2D eigenvalue weighted by atomic mass is 32.2. The fourth-order valence-corrected chi connectivity index (χ4v) is 4.68. The zero-order chi connectivity index (χ0) is 13.3. The molecule has 0 bridgehead atoms. The second-order valence-corrected chi connectivity index (χ2v) is 7.60. The van der Waals surface area contributed by atoms with Crippen molar-refractivity contribution >= 4 is 33.3 Å². The summed E-state index contributed by atoms with van der Waals surface area (Å²) in [6.45, 7) is 2.02. The molecular formula is C11H15NO4S2. The van der Waals surface area contributed by atoms with Crippen molar-refractivity contribution in [2.24, 2.45) is 0 Å². The van der Waals surface area contributed by atoms with Gasteiger partial charge >= 0.3 is 0 Å². The first-order chi connectivity index (χ1) is 8.39. The van der Waals surface area contributed by atoms with Gasteiger partial charge in [0.15, 0.2) is 27.3 Å². The van der Waals surface area contributed by atoms with E-state index in [1.165, 1.54) is 13.2 Å². The predicted octanol–water partition coefficient (Wildman–Crippen LogP) is 1.41. The molecule has 1 atom stereocenters. The lowest BCUT2D eigenvalue weighted by molar-refractivity contribution is 0.0987. The third-order valence-corrected chi connectivity index (χ3v) is 5.44. The van der Waals surface area contributed by atoms with Crippen molar-refractivity contribution < 1.29 is 17.6 Å². The average Bonchev–Trinajstić information content (AvgIpc) is 2.77. The van der Waals surface area contributed by atoms with E-state index in [0.29, 0.717) is 18.2 Å². The van der Waals surface area contributed by atoms with Crippen LogP contribution in [0.4, 0.5) is 5.88 Å². The highest BCUT2D eigenvalue weighted by Crippen LogP contribution is 2.28. The van der Waals surface area contributed by atoms with Crippen LogP contribution >= 0.6 is 11.8 Å². The Morgan fingerprint density at radius 3 is 2.78 bits per heavy atom. The van der Waals surface area contributed by atoms with Gasteiger partial charge in [-0.15, -0.1) is 0 Å². The van der Waals surface area contributed by atoms with Gasteiger partial charge in [0, 0.05) is 37.3 Å². The monoisotopic (exact) mass is 289 g/mol. The molecule has 18 heavy (non-hydrogen) atoms. The van der Waals surface area contributed by atoms with Crippen LogP contribution in [0.3, 0.4) is 0 Å². The summed E-state index contributed by atoms with van der Waals surface area (Å²) in [6, 6.07) is 3.24. The fraction of sp³-hybridized carbons (Fsp3) is 0.545. The topological polar surface area (TPSA) is 67.6 Å². The molecule has 1 saturated heterocycles. The van der Waals surface area contributed by atoms with Gasteiger partial charge in [-0.1, -0.05) is 0 Å². The lowest BCUT2D eigenvalue weighted by Gasteiger charge is -2.33. The first kappa shape index (κ1) is 13.5. The highest BCUT2D eigenvalue weighted by Gasteiger charge is 2.32. The maximum atomic E-state index is 11.7. The van der Waals surface area contributed by atoms with E-state index < -0.39 is 15.2 Å². The standard InChI is InChI=1S/C11H15NO4S2/c1-8(13)9-3-4-10(16-9)12-5-6-17-7-11(12)18(2,14)15/h3-4,11H,5-7H2,1-2H3. The zero-order valence-corrected chi connectivity index (χ0v) is 11.9. The van der Waals surface area contributed by atoms with Crippen LogP contribution in [-0.4, -0.2) is 43.9 Å². The van der Waals surface area contributed by atoms with Crippen LogP contribution in [0.5, 0.6) is 0 Å². The predicted molar refractivity (Wildman–Crippen MR) is 72.0 cm³/mol.